The van der Waals surface area contributed by atoms with Crippen LogP contribution in [0.5, 0.6) is 0 Å². The van der Waals surface area contributed by atoms with Crippen LogP contribution in [-0.2, 0) is 54.9 Å². The zero-order chi connectivity index (χ0) is 28.8. The molecule has 1 fully saturated rings. The third-order valence-corrected chi connectivity index (χ3v) is 7.04. The van der Waals surface area contributed by atoms with Gasteiger partial charge in [-0.2, -0.15) is 4.99 Å². The van der Waals surface area contributed by atoms with E-state index in [1.54, 1.807) is 6.08 Å². The predicted octanol–water partition coefficient (Wildman–Crippen LogP) is 6.02. The number of aliphatic imine (C=N–C) groups is 1. The van der Waals surface area contributed by atoms with Crippen LogP contribution in [0.15, 0.2) is 126 Å². The van der Waals surface area contributed by atoms with E-state index in [9.17, 15) is 4.79 Å². The summed E-state index contributed by atoms with van der Waals surface area (Å²) in [5.74, 6) is 0. The minimum absolute atomic E-state index is 0.224. The molecule has 0 amide bonds. The molecule has 0 radical (unpaired) electrons. The first-order valence-corrected chi connectivity index (χ1v) is 14.1. The molecule has 1 saturated heterocycles. The lowest BCUT2D eigenvalue weighted by molar-refractivity contribution is -0.288. The minimum atomic E-state index is -0.880. The van der Waals surface area contributed by atoms with Crippen LogP contribution in [0.2, 0.25) is 0 Å². The fourth-order valence-electron chi connectivity index (χ4n) is 4.91. The SMILES string of the molecule is O=C=NC1C(OCc2ccccc2)OC(COCc2ccccc2)C(OCc2ccccc2)C1OCc1ccccc1. The zero-order valence-electron chi connectivity index (χ0n) is 23.4. The first kappa shape index (κ1) is 29.5. The van der Waals surface area contributed by atoms with E-state index in [2.05, 4.69) is 4.99 Å². The van der Waals surface area contributed by atoms with E-state index in [0.717, 1.165) is 22.3 Å². The van der Waals surface area contributed by atoms with Crippen molar-refractivity contribution >= 4 is 6.08 Å². The van der Waals surface area contributed by atoms with Gasteiger partial charge in [0.25, 0.3) is 0 Å². The average Bonchev–Trinajstić information content (AvgIpc) is 3.05. The molecule has 0 aliphatic carbocycles. The summed E-state index contributed by atoms with van der Waals surface area (Å²) >= 11 is 0. The zero-order valence-corrected chi connectivity index (χ0v) is 23.4. The highest BCUT2D eigenvalue weighted by atomic mass is 16.7. The molecule has 0 aromatic heterocycles. The summed E-state index contributed by atoms with van der Waals surface area (Å²) in [5, 5.41) is 0. The van der Waals surface area contributed by atoms with Gasteiger partial charge in [-0.25, -0.2) is 4.79 Å². The molecule has 0 bridgehead atoms. The van der Waals surface area contributed by atoms with Gasteiger partial charge in [0.15, 0.2) is 6.29 Å². The monoisotopic (exact) mass is 565 g/mol. The van der Waals surface area contributed by atoms with Crippen molar-refractivity contribution in [1.82, 2.24) is 0 Å². The summed E-state index contributed by atoms with van der Waals surface area (Å²) < 4.78 is 31.8. The summed E-state index contributed by atoms with van der Waals surface area (Å²) in [6.07, 6.45) is -1.00. The third-order valence-electron chi connectivity index (χ3n) is 7.04. The van der Waals surface area contributed by atoms with Crippen molar-refractivity contribution in [2.75, 3.05) is 6.61 Å². The van der Waals surface area contributed by atoms with Gasteiger partial charge in [-0.05, 0) is 22.3 Å². The van der Waals surface area contributed by atoms with Crippen LogP contribution in [0.25, 0.3) is 0 Å². The molecule has 7 nitrogen and oxygen atoms in total. The normalized spacial score (nSPS) is 21.9. The van der Waals surface area contributed by atoms with Crippen molar-refractivity contribution in [3.63, 3.8) is 0 Å². The van der Waals surface area contributed by atoms with Gasteiger partial charge in [0.1, 0.15) is 24.4 Å². The molecule has 1 heterocycles. The van der Waals surface area contributed by atoms with Crippen molar-refractivity contribution in [3.8, 4) is 0 Å². The molecular weight excluding hydrogens is 530 g/mol. The van der Waals surface area contributed by atoms with Crippen LogP contribution in [0.4, 0.5) is 0 Å². The Morgan fingerprint density at radius 3 is 1.48 bits per heavy atom. The highest BCUT2D eigenvalue weighted by Gasteiger charge is 2.48. The molecule has 7 heteroatoms. The first-order chi connectivity index (χ1) is 20.8. The summed E-state index contributed by atoms with van der Waals surface area (Å²) in [6, 6.07) is 38.6. The largest absolute Gasteiger partial charge is 0.374 e. The molecule has 4 aromatic carbocycles. The standard InChI is InChI=1S/C35H35NO6/c37-26-36-32-34(40-23-29-17-9-3-10-18-29)33(39-22-28-15-7-2-8-16-28)31(25-38-21-27-13-5-1-6-14-27)42-35(32)41-24-30-19-11-4-12-20-30/h1-20,31-35H,21-25H2. The molecule has 0 N–H and O–H groups in total. The maximum atomic E-state index is 11.7. The van der Waals surface area contributed by atoms with Gasteiger partial charge in [-0.1, -0.05) is 121 Å². The van der Waals surface area contributed by atoms with E-state index >= 15 is 0 Å². The average molecular weight is 566 g/mol. The Hall–Kier alpha value is -3.94. The van der Waals surface area contributed by atoms with Gasteiger partial charge >= 0.3 is 0 Å². The van der Waals surface area contributed by atoms with E-state index in [4.69, 9.17) is 23.7 Å². The Bertz CT molecular complexity index is 1370. The van der Waals surface area contributed by atoms with Crippen LogP contribution in [0.3, 0.4) is 0 Å². The Balaban J connectivity index is 1.40. The van der Waals surface area contributed by atoms with Crippen molar-refractivity contribution < 1.29 is 28.5 Å². The van der Waals surface area contributed by atoms with E-state index in [1.165, 1.54) is 0 Å². The van der Waals surface area contributed by atoms with Gasteiger partial charge in [-0.3, -0.25) is 0 Å². The number of nitrogens with zero attached hydrogens (tertiary/aromatic N) is 1. The summed E-state index contributed by atoms with van der Waals surface area (Å²) in [4.78, 5) is 15.8. The number of ether oxygens (including phenoxy) is 5. The summed E-state index contributed by atoms with van der Waals surface area (Å²) in [7, 11) is 0. The maximum Gasteiger partial charge on any atom is 0.235 e. The first-order valence-electron chi connectivity index (χ1n) is 14.1. The van der Waals surface area contributed by atoms with Crippen LogP contribution in [0, 0.1) is 0 Å². The highest BCUT2D eigenvalue weighted by Crippen LogP contribution is 2.31. The maximum absolute atomic E-state index is 11.7. The Morgan fingerprint density at radius 1 is 0.571 bits per heavy atom. The van der Waals surface area contributed by atoms with Crippen LogP contribution in [0.1, 0.15) is 22.3 Å². The van der Waals surface area contributed by atoms with E-state index < -0.39 is 30.6 Å². The van der Waals surface area contributed by atoms with Gasteiger partial charge in [0, 0.05) is 0 Å². The van der Waals surface area contributed by atoms with Crippen molar-refractivity contribution in [2.45, 2.75) is 57.1 Å². The number of carbonyl (C=O) groups excluding carboxylic acids is 1. The third kappa shape index (κ3) is 8.54. The number of hydrogen-bond donors (Lipinski definition) is 0. The molecule has 216 valence electrons. The van der Waals surface area contributed by atoms with Gasteiger partial charge in [-0.15, -0.1) is 0 Å². The van der Waals surface area contributed by atoms with Crippen molar-refractivity contribution in [1.29, 1.82) is 0 Å². The number of isocyanates is 1. The molecular formula is C35H35NO6. The van der Waals surface area contributed by atoms with Crippen molar-refractivity contribution in [2.24, 2.45) is 4.99 Å². The van der Waals surface area contributed by atoms with Crippen LogP contribution >= 0.6 is 0 Å². The minimum Gasteiger partial charge on any atom is -0.374 e. The highest BCUT2D eigenvalue weighted by molar-refractivity contribution is 5.34. The van der Waals surface area contributed by atoms with Crippen LogP contribution < -0.4 is 0 Å². The molecule has 1 aliphatic heterocycles. The quantitative estimate of drug-likeness (QED) is 0.138. The molecule has 1 aliphatic rings. The van der Waals surface area contributed by atoms with Crippen LogP contribution in [-0.4, -0.2) is 43.3 Å². The molecule has 5 unspecified atom stereocenters. The lowest BCUT2D eigenvalue weighted by atomic mass is 9.96. The molecule has 0 spiro atoms. The topological polar surface area (TPSA) is 75.6 Å². The number of hydrogen-bond acceptors (Lipinski definition) is 7. The Morgan fingerprint density at radius 2 is 1.00 bits per heavy atom. The van der Waals surface area contributed by atoms with Crippen molar-refractivity contribution in [3.05, 3.63) is 144 Å². The molecule has 42 heavy (non-hydrogen) atoms. The smallest absolute Gasteiger partial charge is 0.235 e. The second-order valence-electron chi connectivity index (χ2n) is 10.1. The second kappa shape index (κ2) is 15.9. The molecule has 5 atom stereocenters. The van der Waals surface area contributed by atoms with E-state index in [1.807, 2.05) is 121 Å². The lowest BCUT2D eigenvalue weighted by Gasteiger charge is -2.44. The van der Waals surface area contributed by atoms with Gasteiger partial charge in [0.2, 0.25) is 6.08 Å². The van der Waals surface area contributed by atoms with Gasteiger partial charge in [0.05, 0.1) is 33.0 Å². The Labute approximate surface area is 246 Å². The Kier molecular flexibility index (Phi) is 11.2. The fourth-order valence-corrected chi connectivity index (χ4v) is 4.91. The summed E-state index contributed by atoms with van der Waals surface area (Å²) in [5.41, 5.74) is 4.00. The summed E-state index contributed by atoms with van der Waals surface area (Å²) in [6.45, 7) is 1.52. The fraction of sp³-hybridized carbons (Fsp3) is 0.286. The predicted molar refractivity (Wildman–Crippen MR) is 158 cm³/mol. The molecule has 5 rings (SSSR count). The lowest BCUT2D eigenvalue weighted by Crippen LogP contribution is -2.60. The van der Waals surface area contributed by atoms with E-state index in [-0.39, 0.29) is 13.2 Å². The number of benzene rings is 4. The second-order valence-corrected chi connectivity index (χ2v) is 10.1. The molecule has 4 aromatic rings. The van der Waals surface area contributed by atoms with E-state index in [0.29, 0.717) is 19.8 Å². The molecule has 0 saturated carbocycles. The van der Waals surface area contributed by atoms with Gasteiger partial charge < -0.3 is 23.7 Å². The number of rotatable bonds is 14.